The van der Waals surface area contributed by atoms with Gasteiger partial charge in [-0.2, -0.15) is 0 Å². The molecule has 1 aliphatic rings. The Morgan fingerprint density at radius 3 is 2.48 bits per heavy atom. The van der Waals surface area contributed by atoms with Crippen LogP contribution in [-0.2, 0) is 11.2 Å². The number of carbonyl (C=O) groups excluding carboxylic acids is 1. The highest BCUT2D eigenvalue weighted by Gasteiger charge is 2.21. The Hall–Kier alpha value is -1.88. The molecule has 0 N–H and O–H groups in total. The standard InChI is InChI=1S/C18H18BrFN2O/c19-15-4-2-6-17(13-15)21-7-9-22(10-8-21)18(23)12-14-3-1-5-16(20)11-14/h1-6,11,13H,7-10,12H2. The maximum absolute atomic E-state index is 13.2. The lowest BCUT2D eigenvalue weighted by Crippen LogP contribution is -2.49. The summed E-state index contributed by atoms with van der Waals surface area (Å²) < 4.78 is 14.3. The minimum Gasteiger partial charge on any atom is -0.368 e. The van der Waals surface area contributed by atoms with E-state index < -0.39 is 0 Å². The highest BCUT2D eigenvalue weighted by Crippen LogP contribution is 2.21. The van der Waals surface area contributed by atoms with Crippen LogP contribution in [0.2, 0.25) is 0 Å². The minimum atomic E-state index is -0.297. The number of rotatable bonds is 3. The van der Waals surface area contributed by atoms with Crippen LogP contribution in [0.5, 0.6) is 0 Å². The van der Waals surface area contributed by atoms with Crippen LogP contribution < -0.4 is 4.90 Å². The molecule has 0 spiro atoms. The molecule has 0 bridgehead atoms. The highest BCUT2D eigenvalue weighted by atomic mass is 79.9. The first-order valence-electron chi connectivity index (χ1n) is 7.64. The van der Waals surface area contributed by atoms with E-state index in [4.69, 9.17) is 0 Å². The lowest BCUT2D eigenvalue weighted by molar-refractivity contribution is -0.130. The number of hydrogen-bond donors (Lipinski definition) is 0. The van der Waals surface area contributed by atoms with E-state index in [0.29, 0.717) is 13.1 Å². The van der Waals surface area contributed by atoms with Gasteiger partial charge in [-0.3, -0.25) is 4.79 Å². The predicted octanol–water partition coefficient (Wildman–Crippen LogP) is 3.48. The van der Waals surface area contributed by atoms with Crippen molar-refractivity contribution >= 4 is 27.5 Å². The van der Waals surface area contributed by atoms with Crippen LogP contribution in [0.15, 0.2) is 53.0 Å². The van der Waals surface area contributed by atoms with E-state index in [2.05, 4.69) is 33.0 Å². The van der Waals surface area contributed by atoms with Gasteiger partial charge in [0.15, 0.2) is 0 Å². The molecule has 5 heteroatoms. The zero-order valence-electron chi connectivity index (χ0n) is 12.7. The number of hydrogen-bond acceptors (Lipinski definition) is 2. The van der Waals surface area contributed by atoms with Gasteiger partial charge in [0.2, 0.25) is 5.91 Å². The van der Waals surface area contributed by atoms with Gasteiger partial charge in [-0.15, -0.1) is 0 Å². The second-order valence-electron chi connectivity index (χ2n) is 5.65. The Bertz CT molecular complexity index is 699. The van der Waals surface area contributed by atoms with Gasteiger partial charge >= 0.3 is 0 Å². The van der Waals surface area contributed by atoms with Gasteiger partial charge in [-0.1, -0.05) is 34.1 Å². The average Bonchev–Trinajstić information content (AvgIpc) is 2.55. The van der Waals surface area contributed by atoms with Gasteiger partial charge < -0.3 is 9.80 Å². The van der Waals surface area contributed by atoms with Gasteiger partial charge in [0.05, 0.1) is 6.42 Å². The number of piperazine rings is 1. The lowest BCUT2D eigenvalue weighted by atomic mass is 10.1. The molecule has 2 aromatic carbocycles. The van der Waals surface area contributed by atoms with Gasteiger partial charge in [0, 0.05) is 36.3 Å². The maximum Gasteiger partial charge on any atom is 0.227 e. The van der Waals surface area contributed by atoms with Crippen LogP contribution in [0.3, 0.4) is 0 Å². The summed E-state index contributed by atoms with van der Waals surface area (Å²) in [5.41, 5.74) is 1.89. The topological polar surface area (TPSA) is 23.6 Å². The minimum absolute atomic E-state index is 0.0597. The molecular formula is C18H18BrFN2O. The molecule has 23 heavy (non-hydrogen) atoms. The number of benzene rings is 2. The van der Waals surface area contributed by atoms with Crippen molar-refractivity contribution in [2.24, 2.45) is 0 Å². The third-order valence-corrected chi connectivity index (χ3v) is 4.54. The van der Waals surface area contributed by atoms with Gasteiger partial charge in [-0.25, -0.2) is 4.39 Å². The van der Waals surface area contributed by atoms with E-state index >= 15 is 0 Å². The molecule has 0 saturated carbocycles. The fourth-order valence-electron chi connectivity index (χ4n) is 2.82. The quantitative estimate of drug-likeness (QED) is 0.818. The molecule has 1 amide bonds. The van der Waals surface area contributed by atoms with Crippen LogP contribution in [0.4, 0.5) is 10.1 Å². The van der Waals surface area contributed by atoms with Gasteiger partial charge in [0.25, 0.3) is 0 Å². The molecule has 0 aromatic heterocycles. The van der Waals surface area contributed by atoms with Crippen molar-refractivity contribution in [3.63, 3.8) is 0 Å². The number of halogens is 2. The van der Waals surface area contributed by atoms with Crippen LogP contribution >= 0.6 is 15.9 Å². The summed E-state index contributed by atoms with van der Waals surface area (Å²) in [6.45, 7) is 3.01. The Morgan fingerprint density at radius 1 is 1.04 bits per heavy atom. The van der Waals surface area contributed by atoms with E-state index in [0.717, 1.165) is 28.8 Å². The summed E-state index contributed by atoms with van der Waals surface area (Å²) in [7, 11) is 0. The Balaban J connectivity index is 1.57. The normalized spacial score (nSPS) is 14.9. The average molecular weight is 377 g/mol. The third-order valence-electron chi connectivity index (χ3n) is 4.05. The van der Waals surface area contributed by atoms with Gasteiger partial charge in [0.1, 0.15) is 5.82 Å². The van der Waals surface area contributed by atoms with Gasteiger partial charge in [-0.05, 0) is 35.9 Å². The smallest absolute Gasteiger partial charge is 0.227 e. The summed E-state index contributed by atoms with van der Waals surface area (Å²) in [5, 5.41) is 0. The van der Waals surface area contributed by atoms with Crippen molar-refractivity contribution in [2.75, 3.05) is 31.1 Å². The second kappa shape index (κ2) is 7.13. The van der Waals surface area contributed by atoms with E-state index in [1.165, 1.54) is 12.1 Å². The first-order chi connectivity index (χ1) is 11.1. The lowest BCUT2D eigenvalue weighted by Gasteiger charge is -2.36. The molecule has 0 atom stereocenters. The van der Waals surface area contributed by atoms with Crippen LogP contribution in [-0.4, -0.2) is 37.0 Å². The maximum atomic E-state index is 13.2. The molecule has 1 fully saturated rings. The molecule has 1 saturated heterocycles. The molecule has 0 radical (unpaired) electrons. The van der Waals surface area contributed by atoms with Crippen LogP contribution in [0.25, 0.3) is 0 Å². The summed E-state index contributed by atoms with van der Waals surface area (Å²) in [5.74, 6) is -0.237. The summed E-state index contributed by atoms with van der Waals surface area (Å²) >= 11 is 3.48. The molecule has 1 aliphatic heterocycles. The summed E-state index contributed by atoms with van der Waals surface area (Å²) in [6.07, 6.45) is 0.259. The molecule has 120 valence electrons. The number of carbonyl (C=O) groups is 1. The van der Waals surface area contributed by atoms with Crippen LogP contribution in [0, 0.1) is 5.82 Å². The van der Waals surface area contributed by atoms with Crippen molar-refractivity contribution in [1.29, 1.82) is 0 Å². The highest BCUT2D eigenvalue weighted by molar-refractivity contribution is 9.10. The first kappa shape index (κ1) is 16.0. The predicted molar refractivity (Wildman–Crippen MR) is 93.0 cm³/mol. The number of anilines is 1. The molecule has 0 unspecified atom stereocenters. The van der Waals surface area contributed by atoms with Crippen LogP contribution in [0.1, 0.15) is 5.56 Å². The zero-order chi connectivity index (χ0) is 16.2. The Labute approximate surface area is 143 Å². The number of nitrogens with zero attached hydrogens (tertiary/aromatic N) is 2. The van der Waals surface area contributed by atoms with Crippen molar-refractivity contribution in [3.05, 3.63) is 64.4 Å². The molecular weight excluding hydrogens is 359 g/mol. The summed E-state index contributed by atoms with van der Waals surface area (Å²) in [6, 6.07) is 14.4. The summed E-state index contributed by atoms with van der Waals surface area (Å²) in [4.78, 5) is 16.5. The number of amides is 1. The Morgan fingerprint density at radius 2 is 1.78 bits per heavy atom. The third kappa shape index (κ3) is 4.10. The van der Waals surface area contributed by atoms with Crippen molar-refractivity contribution < 1.29 is 9.18 Å². The second-order valence-corrected chi connectivity index (χ2v) is 6.57. The molecule has 3 rings (SSSR count). The SMILES string of the molecule is O=C(Cc1cccc(F)c1)N1CCN(c2cccc(Br)c2)CC1. The van der Waals surface area contributed by atoms with Crippen molar-refractivity contribution in [1.82, 2.24) is 4.90 Å². The van der Waals surface area contributed by atoms with Crippen molar-refractivity contribution in [2.45, 2.75) is 6.42 Å². The zero-order valence-corrected chi connectivity index (χ0v) is 14.3. The van der Waals surface area contributed by atoms with E-state index in [-0.39, 0.29) is 18.1 Å². The largest absolute Gasteiger partial charge is 0.368 e. The molecule has 3 nitrogen and oxygen atoms in total. The Kier molecular flexibility index (Phi) is 4.96. The fourth-order valence-corrected chi connectivity index (χ4v) is 3.21. The van der Waals surface area contributed by atoms with Crippen molar-refractivity contribution in [3.8, 4) is 0 Å². The first-order valence-corrected chi connectivity index (χ1v) is 8.44. The molecule has 2 aromatic rings. The monoisotopic (exact) mass is 376 g/mol. The van der Waals surface area contributed by atoms with E-state index in [1.54, 1.807) is 12.1 Å². The molecule has 0 aliphatic carbocycles. The van der Waals surface area contributed by atoms with E-state index in [9.17, 15) is 9.18 Å². The molecule has 1 heterocycles. The fraction of sp³-hybridized carbons (Fsp3) is 0.278. The van der Waals surface area contributed by atoms with E-state index in [1.807, 2.05) is 17.0 Å².